The van der Waals surface area contributed by atoms with Gasteiger partial charge in [0.15, 0.2) is 17.5 Å². The second-order valence-electron chi connectivity index (χ2n) is 5.47. The van der Waals surface area contributed by atoms with Crippen LogP contribution in [0.5, 0.6) is 0 Å². The Morgan fingerprint density at radius 1 is 0.962 bits per heavy atom. The minimum absolute atomic E-state index is 0. The summed E-state index contributed by atoms with van der Waals surface area (Å²) in [5, 5.41) is 4.74. The highest BCUT2D eigenvalue weighted by atomic mass is 35.5. The molecule has 0 aliphatic heterocycles. The van der Waals surface area contributed by atoms with Crippen LogP contribution in [0.4, 0.5) is 35.0 Å². The van der Waals surface area contributed by atoms with Gasteiger partial charge in [0.25, 0.3) is 0 Å². The number of carbonyl (C=O) groups is 1. The first-order valence-corrected chi connectivity index (χ1v) is 7.94. The summed E-state index contributed by atoms with van der Waals surface area (Å²) in [7, 11) is 0. The number of nitrogens with zero attached hydrogens (tertiary/aromatic N) is 1. The van der Waals surface area contributed by atoms with E-state index >= 15 is 0 Å². The third kappa shape index (κ3) is 4.82. The van der Waals surface area contributed by atoms with Crippen molar-refractivity contribution in [2.75, 3.05) is 28.6 Å². The van der Waals surface area contributed by atoms with Crippen molar-refractivity contribution in [1.82, 2.24) is 0 Å². The fourth-order valence-electron chi connectivity index (χ4n) is 2.47. The third-order valence-electron chi connectivity index (χ3n) is 3.87. The first-order chi connectivity index (χ1) is 11.9. The Kier molecular flexibility index (Phi) is 7.76. The fraction of sp³-hybridized carbons (Fsp3) is 0.278. The number of benzene rings is 2. The molecule has 142 valence electrons. The van der Waals surface area contributed by atoms with Gasteiger partial charge in [-0.3, -0.25) is 0 Å². The summed E-state index contributed by atoms with van der Waals surface area (Å²) in [4.78, 5) is 14.2. The van der Waals surface area contributed by atoms with E-state index in [0.29, 0.717) is 5.69 Å². The average molecular weight is 387 g/mol. The van der Waals surface area contributed by atoms with E-state index in [-0.39, 0.29) is 12.4 Å². The van der Waals surface area contributed by atoms with E-state index in [0.717, 1.165) is 36.5 Å². The zero-order valence-electron chi connectivity index (χ0n) is 14.7. The summed E-state index contributed by atoms with van der Waals surface area (Å²) in [5.74, 6) is -4.38. The largest absolute Gasteiger partial charge is 1.00 e. The molecule has 0 aliphatic rings. The molecular weight excluding hydrogens is 367 g/mol. The lowest BCUT2D eigenvalue weighted by Crippen LogP contribution is -3.00. The number of carbonyl (C=O) groups excluding carboxylic acids is 1. The van der Waals surface area contributed by atoms with Gasteiger partial charge in [-0.05, 0) is 56.7 Å². The van der Waals surface area contributed by atoms with Crippen LogP contribution in [0, 0.1) is 24.4 Å². The maximum Gasteiger partial charge on any atom is 0.323 e. The van der Waals surface area contributed by atoms with Gasteiger partial charge in [0.1, 0.15) is 0 Å². The maximum atomic E-state index is 13.6. The molecule has 8 heteroatoms. The van der Waals surface area contributed by atoms with E-state index in [2.05, 4.69) is 29.4 Å². The lowest BCUT2D eigenvalue weighted by atomic mass is 10.1. The standard InChI is InChI=1S/C18H20F3N3O.ClH/c1-4-24(5-2)12-6-8-14(11(3)10-12)22-18(25)23-15-9-7-13(19)16(20)17(15)21;/h6-10H,4-5H2,1-3H3,(H2,22,23,25);1H/p-1. The van der Waals surface area contributed by atoms with Crippen LogP contribution in [0.1, 0.15) is 19.4 Å². The van der Waals surface area contributed by atoms with Crippen molar-refractivity contribution in [2.24, 2.45) is 0 Å². The first-order valence-electron chi connectivity index (χ1n) is 7.94. The lowest BCUT2D eigenvalue weighted by Gasteiger charge is -2.22. The Hall–Kier alpha value is -2.41. The molecule has 0 bridgehead atoms. The van der Waals surface area contributed by atoms with Gasteiger partial charge >= 0.3 is 6.03 Å². The summed E-state index contributed by atoms with van der Waals surface area (Å²) in [5.41, 5.74) is 1.95. The second-order valence-corrected chi connectivity index (χ2v) is 5.47. The molecule has 0 aromatic heterocycles. The number of hydrogen-bond acceptors (Lipinski definition) is 2. The van der Waals surface area contributed by atoms with Gasteiger partial charge in [0.05, 0.1) is 5.69 Å². The number of aryl methyl sites for hydroxylation is 1. The van der Waals surface area contributed by atoms with Gasteiger partial charge in [-0.2, -0.15) is 0 Å². The number of amides is 2. The summed E-state index contributed by atoms with van der Waals surface area (Å²) < 4.78 is 39.7. The molecule has 0 saturated heterocycles. The number of halogens is 4. The van der Waals surface area contributed by atoms with E-state index in [1.165, 1.54) is 0 Å². The average Bonchev–Trinajstić information content (AvgIpc) is 2.59. The summed E-state index contributed by atoms with van der Waals surface area (Å²) in [6, 6.07) is 6.50. The van der Waals surface area contributed by atoms with Gasteiger partial charge in [0, 0.05) is 24.5 Å². The predicted octanol–water partition coefficient (Wildman–Crippen LogP) is 1.91. The van der Waals surface area contributed by atoms with Gasteiger partial charge in [0.2, 0.25) is 0 Å². The van der Waals surface area contributed by atoms with Gasteiger partial charge in [-0.25, -0.2) is 18.0 Å². The minimum Gasteiger partial charge on any atom is -1.00 e. The topological polar surface area (TPSA) is 44.4 Å². The highest BCUT2D eigenvalue weighted by Gasteiger charge is 2.15. The molecule has 0 radical (unpaired) electrons. The molecule has 2 rings (SSSR count). The van der Waals surface area contributed by atoms with Crippen LogP contribution in [-0.2, 0) is 0 Å². The molecule has 2 aromatic rings. The van der Waals surface area contributed by atoms with Crippen molar-refractivity contribution in [3.63, 3.8) is 0 Å². The molecule has 0 fully saturated rings. The van der Waals surface area contributed by atoms with Gasteiger partial charge < -0.3 is 27.9 Å². The molecule has 2 N–H and O–H groups in total. The molecule has 0 unspecified atom stereocenters. The molecular formula is C18H20ClF3N3O-. The van der Waals surface area contributed by atoms with E-state index in [1.54, 1.807) is 6.07 Å². The Bertz CT molecular complexity index is 783. The Morgan fingerprint density at radius 3 is 2.12 bits per heavy atom. The molecule has 0 heterocycles. The predicted molar refractivity (Wildman–Crippen MR) is 93.7 cm³/mol. The molecule has 2 amide bonds. The zero-order chi connectivity index (χ0) is 18.6. The Balaban J connectivity index is 0.00000338. The highest BCUT2D eigenvalue weighted by Crippen LogP contribution is 2.24. The van der Waals surface area contributed by atoms with Crippen molar-refractivity contribution < 1.29 is 30.4 Å². The number of urea groups is 1. The van der Waals surface area contributed by atoms with E-state index in [4.69, 9.17) is 0 Å². The molecule has 2 aromatic carbocycles. The maximum absolute atomic E-state index is 13.6. The number of rotatable bonds is 5. The van der Waals surface area contributed by atoms with Gasteiger partial charge in [-0.15, -0.1) is 0 Å². The van der Waals surface area contributed by atoms with Crippen LogP contribution in [0.25, 0.3) is 0 Å². The molecule has 0 saturated carbocycles. The SMILES string of the molecule is CCN(CC)c1ccc(NC(=O)Nc2ccc(F)c(F)c2F)c(C)c1.[Cl-]. The van der Waals surface area contributed by atoms with E-state index in [1.807, 2.05) is 19.1 Å². The third-order valence-corrected chi connectivity index (χ3v) is 3.87. The van der Waals surface area contributed by atoms with Crippen LogP contribution < -0.4 is 27.9 Å². The molecule has 26 heavy (non-hydrogen) atoms. The monoisotopic (exact) mass is 386 g/mol. The van der Waals surface area contributed by atoms with Crippen LogP contribution in [0.2, 0.25) is 0 Å². The van der Waals surface area contributed by atoms with Crippen molar-refractivity contribution in [3.05, 3.63) is 53.3 Å². The second kappa shape index (κ2) is 9.33. The van der Waals surface area contributed by atoms with E-state index in [9.17, 15) is 18.0 Å². The smallest absolute Gasteiger partial charge is 0.323 e. The fourth-order valence-corrected chi connectivity index (χ4v) is 2.47. The van der Waals surface area contributed by atoms with Crippen LogP contribution in [0.15, 0.2) is 30.3 Å². The van der Waals surface area contributed by atoms with Gasteiger partial charge in [-0.1, -0.05) is 0 Å². The molecule has 4 nitrogen and oxygen atoms in total. The Labute approximate surface area is 156 Å². The van der Waals surface area contributed by atoms with Crippen molar-refractivity contribution in [1.29, 1.82) is 0 Å². The minimum atomic E-state index is -1.63. The molecule has 0 aliphatic carbocycles. The van der Waals surface area contributed by atoms with Crippen LogP contribution in [0.3, 0.4) is 0 Å². The lowest BCUT2D eigenvalue weighted by molar-refractivity contribution is -0.00000961. The zero-order valence-corrected chi connectivity index (χ0v) is 15.4. The normalized spacial score (nSPS) is 10.1. The first kappa shape index (κ1) is 21.6. The quantitative estimate of drug-likeness (QED) is 0.771. The number of hydrogen-bond donors (Lipinski definition) is 2. The van der Waals surface area contributed by atoms with Crippen LogP contribution in [-0.4, -0.2) is 19.1 Å². The summed E-state index contributed by atoms with van der Waals surface area (Å²) in [6.07, 6.45) is 0. The summed E-state index contributed by atoms with van der Waals surface area (Å²) >= 11 is 0. The Morgan fingerprint density at radius 2 is 1.54 bits per heavy atom. The highest BCUT2D eigenvalue weighted by molar-refractivity contribution is 6.00. The number of anilines is 3. The van der Waals surface area contributed by atoms with Crippen molar-refractivity contribution >= 4 is 23.1 Å². The van der Waals surface area contributed by atoms with Crippen molar-refractivity contribution in [3.8, 4) is 0 Å². The van der Waals surface area contributed by atoms with Crippen molar-refractivity contribution in [2.45, 2.75) is 20.8 Å². The van der Waals surface area contributed by atoms with E-state index < -0.39 is 29.2 Å². The molecule has 0 spiro atoms. The number of nitrogens with one attached hydrogen (secondary N) is 2. The molecule has 0 atom stereocenters. The summed E-state index contributed by atoms with van der Waals surface area (Å²) in [6.45, 7) is 7.65. The van der Waals surface area contributed by atoms with Crippen LogP contribution >= 0.6 is 0 Å².